The SMILES string of the molecule is CN(C)C1(CNC(=O)COC2(C)CNC2)CCCC1. The van der Waals surface area contributed by atoms with Gasteiger partial charge in [0.25, 0.3) is 0 Å². The van der Waals surface area contributed by atoms with Crippen LogP contribution in [0.25, 0.3) is 0 Å². The van der Waals surface area contributed by atoms with Crippen LogP contribution in [0.5, 0.6) is 0 Å². The highest BCUT2D eigenvalue weighted by Crippen LogP contribution is 2.33. The van der Waals surface area contributed by atoms with Crippen LogP contribution in [0.4, 0.5) is 0 Å². The topological polar surface area (TPSA) is 53.6 Å². The maximum atomic E-state index is 11.9. The van der Waals surface area contributed by atoms with E-state index in [1.54, 1.807) is 0 Å². The summed E-state index contributed by atoms with van der Waals surface area (Å²) < 4.78 is 5.65. The number of nitrogens with one attached hydrogen (secondary N) is 2. The number of ether oxygens (including phenoxy) is 1. The van der Waals surface area contributed by atoms with Crippen LogP contribution in [0.15, 0.2) is 0 Å². The van der Waals surface area contributed by atoms with Crippen molar-refractivity contribution in [1.29, 1.82) is 0 Å². The van der Waals surface area contributed by atoms with Crippen molar-refractivity contribution in [3.05, 3.63) is 0 Å². The molecule has 0 bridgehead atoms. The summed E-state index contributed by atoms with van der Waals surface area (Å²) in [5, 5.41) is 6.20. The molecule has 0 spiro atoms. The van der Waals surface area contributed by atoms with Crippen LogP contribution >= 0.6 is 0 Å². The van der Waals surface area contributed by atoms with Crippen molar-refractivity contribution in [3.8, 4) is 0 Å². The van der Waals surface area contributed by atoms with Crippen LogP contribution in [0.1, 0.15) is 32.6 Å². The van der Waals surface area contributed by atoms with Gasteiger partial charge in [-0.25, -0.2) is 0 Å². The Morgan fingerprint density at radius 2 is 1.95 bits per heavy atom. The molecule has 0 aromatic rings. The third kappa shape index (κ3) is 3.46. The first-order valence-corrected chi connectivity index (χ1v) is 7.25. The van der Waals surface area contributed by atoms with E-state index in [2.05, 4.69) is 29.6 Å². The first-order valence-electron chi connectivity index (χ1n) is 7.25. The van der Waals surface area contributed by atoms with Gasteiger partial charge in [0.1, 0.15) is 6.61 Å². The highest BCUT2D eigenvalue weighted by Gasteiger charge is 2.36. The lowest BCUT2D eigenvalue weighted by Gasteiger charge is -2.39. The molecule has 2 N–H and O–H groups in total. The van der Waals surface area contributed by atoms with E-state index in [1.165, 1.54) is 25.7 Å². The summed E-state index contributed by atoms with van der Waals surface area (Å²) >= 11 is 0. The van der Waals surface area contributed by atoms with Gasteiger partial charge in [-0.15, -0.1) is 0 Å². The van der Waals surface area contributed by atoms with Crippen LogP contribution in [-0.4, -0.2) is 62.3 Å². The first-order chi connectivity index (χ1) is 8.96. The number of hydrogen-bond donors (Lipinski definition) is 2. The molecule has 0 aromatic heterocycles. The number of carbonyl (C=O) groups is 1. The first kappa shape index (κ1) is 14.8. The Labute approximate surface area is 116 Å². The molecule has 1 amide bonds. The van der Waals surface area contributed by atoms with Gasteiger partial charge in [-0.05, 0) is 33.9 Å². The second-order valence-corrected chi connectivity index (χ2v) is 6.44. The minimum Gasteiger partial charge on any atom is -0.363 e. The van der Waals surface area contributed by atoms with E-state index in [4.69, 9.17) is 4.74 Å². The average molecular weight is 269 g/mol. The molecule has 1 heterocycles. The minimum atomic E-state index is -0.149. The van der Waals surface area contributed by atoms with Gasteiger partial charge >= 0.3 is 0 Å². The van der Waals surface area contributed by atoms with Crippen molar-refractivity contribution in [1.82, 2.24) is 15.5 Å². The maximum Gasteiger partial charge on any atom is 0.246 e. The minimum absolute atomic E-state index is 0.00116. The largest absolute Gasteiger partial charge is 0.363 e. The standard InChI is InChI=1S/C14H27N3O2/c1-13(9-15-10-13)19-8-12(18)16-11-14(17(2)3)6-4-5-7-14/h15H,4-11H2,1-3H3,(H,16,18). The maximum absolute atomic E-state index is 11.9. The van der Waals surface area contributed by atoms with Crippen LogP contribution < -0.4 is 10.6 Å². The highest BCUT2D eigenvalue weighted by atomic mass is 16.5. The molecule has 1 saturated heterocycles. The molecule has 5 heteroatoms. The van der Waals surface area contributed by atoms with Crippen LogP contribution in [0.2, 0.25) is 0 Å². The van der Waals surface area contributed by atoms with Gasteiger partial charge in [-0.3, -0.25) is 4.79 Å². The Hall–Kier alpha value is -0.650. The summed E-state index contributed by atoms with van der Waals surface area (Å²) in [7, 11) is 4.21. The molecular formula is C14H27N3O2. The highest BCUT2D eigenvalue weighted by molar-refractivity contribution is 5.77. The Kier molecular flexibility index (Phi) is 4.48. The lowest BCUT2D eigenvalue weighted by atomic mass is 9.96. The van der Waals surface area contributed by atoms with Crippen LogP contribution in [-0.2, 0) is 9.53 Å². The molecular weight excluding hydrogens is 242 g/mol. The van der Waals surface area contributed by atoms with E-state index in [1.807, 2.05) is 6.92 Å². The summed E-state index contributed by atoms with van der Waals surface area (Å²) in [6.45, 7) is 4.61. The third-order valence-electron chi connectivity index (χ3n) is 4.65. The predicted octanol–water partition coefficient (Wildman–Crippen LogP) is 0.356. The molecule has 110 valence electrons. The molecule has 0 unspecified atom stereocenters. The van der Waals surface area contributed by atoms with Gasteiger partial charge in [-0.1, -0.05) is 12.8 Å². The average Bonchev–Trinajstić information content (AvgIpc) is 2.81. The zero-order valence-corrected chi connectivity index (χ0v) is 12.4. The summed E-state index contributed by atoms with van der Waals surface area (Å²) in [5.41, 5.74) is 0.00151. The van der Waals surface area contributed by atoms with Gasteiger partial charge in [0.05, 0.1) is 5.60 Å². The summed E-state index contributed by atoms with van der Waals surface area (Å²) in [6, 6.07) is 0. The Morgan fingerprint density at radius 1 is 1.32 bits per heavy atom. The molecule has 19 heavy (non-hydrogen) atoms. The lowest BCUT2D eigenvalue weighted by Crippen LogP contribution is -2.60. The molecule has 2 fully saturated rings. The van der Waals surface area contributed by atoms with Crippen molar-refractivity contribution in [2.24, 2.45) is 0 Å². The van der Waals surface area contributed by atoms with Crippen LogP contribution in [0, 0.1) is 0 Å². The van der Waals surface area contributed by atoms with Gasteiger partial charge in [-0.2, -0.15) is 0 Å². The Balaban J connectivity index is 1.73. The third-order valence-corrected chi connectivity index (χ3v) is 4.65. The zero-order valence-electron chi connectivity index (χ0n) is 12.4. The van der Waals surface area contributed by atoms with Gasteiger partial charge in [0.2, 0.25) is 5.91 Å². The molecule has 1 aliphatic carbocycles. The van der Waals surface area contributed by atoms with Gasteiger partial charge < -0.3 is 20.3 Å². The van der Waals surface area contributed by atoms with Gasteiger partial charge in [0.15, 0.2) is 0 Å². The van der Waals surface area contributed by atoms with E-state index < -0.39 is 0 Å². The summed E-state index contributed by atoms with van der Waals surface area (Å²) in [6.07, 6.45) is 4.86. The number of likely N-dealkylation sites (N-methyl/N-ethyl adjacent to an activating group) is 1. The lowest BCUT2D eigenvalue weighted by molar-refractivity contribution is -0.136. The van der Waals surface area contributed by atoms with Gasteiger partial charge in [0, 0.05) is 25.2 Å². The quantitative estimate of drug-likeness (QED) is 0.731. The molecule has 1 saturated carbocycles. The Morgan fingerprint density at radius 3 is 2.42 bits per heavy atom. The normalized spacial score (nSPS) is 24.2. The number of hydrogen-bond acceptors (Lipinski definition) is 4. The fourth-order valence-electron chi connectivity index (χ4n) is 2.95. The van der Waals surface area contributed by atoms with E-state index in [9.17, 15) is 4.79 Å². The summed E-state index contributed by atoms with van der Waals surface area (Å²) in [5.74, 6) is 0.00116. The van der Waals surface area contributed by atoms with Crippen molar-refractivity contribution in [2.45, 2.75) is 43.7 Å². The molecule has 0 aromatic carbocycles. The number of carbonyl (C=O) groups excluding carboxylic acids is 1. The molecule has 0 atom stereocenters. The molecule has 2 rings (SSSR count). The zero-order chi connectivity index (χ0) is 13.9. The van der Waals surface area contributed by atoms with Crippen LogP contribution in [0.3, 0.4) is 0 Å². The van der Waals surface area contributed by atoms with E-state index in [-0.39, 0.29) is 23.7 Å². The van der Waals surface area contributed by atoms with Crippen molar-refractivity contribution < 1.29 is 9.53 Å². The number of nitrogens with zero attached hydrogens (tertiary/aromatic N) is 1. The summed E-state index contributed by atoms with van der Waals surface area (Å²) in [4.78, 5) is 14.1. The van der Waals surface area contributed by atoms with Crippen molar-refractivity contribution in [3.63, 3.8) is 0 Å². The molecule has 0 radical (unpaired) electrons. The molecule has 2 aliphatic rings. The smallest absolute Gasteiger partial charge is 0.246 e. The second kappa shape index (κ2) is 5.77. The number of rotatable bonds is 6. The fraction of sp³-hybridized carbons (Fsp3) is 0.929. The molecule has 1 aliphatic heterocycles. The number of amides is 1. The fourth-order valence-corrected chi connectivity index (χ4v) is 2.95. The van der Waals surface area contributed by atoms with E-state index in [0.29, 0.717) is 0 Å². The van der Waals surface area contributed by atoms with Crippen molar-refractivity contribution in [2.75, 3.05) is 40.3 Å². The monoisotopic (exact) mass is 269 g/mol. The Bertz CT molecular complexity index is 321. The van der Waals surface area contributed by atoms with Crippen molar-refractivity contribution >= 4 is 5.91 Å². The molecule has 5 nitrogen and oxygen atoms in total. The van der Waals surface area contributed by atoms with E-state index >= 15 is 0 Å². The second-order valence-electron chi connectivity index (χ2n) is 6.44. The van der Waals surface area contributed by atoms with E-state index in [0.717, 1.165) is 19.6 Å². The predicted molar refractivity (Wildman–Crippen MR) is 75.1 cm³/mol.